The molecule has 0 spiro atoms. The van der Waals surface area contributed by atoms with Gasteiger partial charge in [-0.2, -0.15) is 4.39 Å². The van der Waals surface area contributed by atoms with Crippen LogP contribution in [0.3, 0.4) is 0 Å². The first-order chi connectivity index (χ1) is 3.63. The van der Waals surface area contributed by atoms with E-state index in [-0.39, 0.29) is 6.42 Å². The summed E-state index contributed by atoms with van der Waals surface area (Å²) in [7, 11) is 0. The largest absolute Gasteiger partial charge is 0.481 e. The third kappa shape index (κ3) is 5.43. The SMILES string of the molecule is O=C(O)C/C=C(/F)Cl. The van der Waals surface area contributed by atoms with E-state index in [0.29, 0.717) is 0 Å². The van der Waals surface area contributed by atoms with Crippen LogP contribution in [0, 0.1) is 0 Å². The maximum absolute atomic E-state index is 11.4. The van der Waals surface area contributed by atoms with E-state index in [1.165, 1.54) is 0 Å². The highest BCUT2D eigenvalue weighted by atomic mass is 35.5. The summed E-state index contributed by atoms with van der Waals surface area (Å²) in [5.41, 5.74) is 0. The summed E-state index contributed by atoms with van der Waals surface area (Å²) in [6, 6.07) is 0. The van der Waals surface area contributed by atoms with Crippen LogP contribution >= 0.6 is 11.6 Å². The van der Waals surface area contributed by atoms with Gasteiger partial charge in [-0.1, -0.05) is 11.6 Å². The number of carbonyl (C=O) groups is 1. The average molecular weight is 139 g/mol. The number of carboxylic acid groups (broad SMARTS) is 1. The van der Waals surface area contributed by atoms with Crippen molar-refractivity contribution in [1.29, 1.82) is 0 Å². The quantitative estimate of drug-likeness (QED) is 0.628. The maximum Gasteiger partial charge on any atom is 0.307 e. The fourth-order valence-electron chi connectivity index (χ4n) is 0.164. The summed E-state index contributed by atoms with van der Waals surface area (Å²) < 4.78 is 11.4. The number of hydrogen-bond acceptors (Lipinski definition) is 1. The summed E-state index contributed by atoms with van der Waals surface area (Å²) in [6.07, 6.45) is 0.416. The molecular formula is C4H4ClFO2. The molecule has 4 heteroatoms. The van der Waals surface area contributed by atoms with Crippen molar-refractivity contribution in [1.82, 2.24) is 0 Å². The van der Waals surface area contributed by atoms with Crippen molar-refractivity contribution in [3.05, 3.63) is 11.4 Å². The van der Waals surface area contributed by atoms with Crippen molar-refractivity contribution in [2.75, 3.05) is 0 Å². The van der Waals surface area contributed by atoms with Crippen molar-refractivity contribution in [3.8, 4) is 0 Å². The Labute approximate surface area is 50.6 Å². The first-order valence-corrected chi connectivity index (χ1v) is 2.23. The molecule has 0 aromatic carbocycles. The molecule has 8 heavy (non-hydrogen) atoms. The zero-order chi connectivity index (χ0) is 6.57. The van der Waals surface area contributed by atoms with Gasteiger partial charge in [0.1, 0.15) is 0 Å². The molecule has 2 nitrogen and oxygen atoms in total. The highest BCUT2D eigenvalue weighted by molar-refractivity contribution is 6.28. The fraction of sp³-hybridized carbons (Fsp3) is 0.250. The predicted octanol–water partition coefficient (Wildman–Crippen LogP) is 1.51. The molecule has 46 valence electrons. The molecule has 0 aliphatic rings. The number of carboxylic acids is 1. The first kappa shape index (κ1) is 7.43. The standard InChI is InChI=1S/C4H4ClFO2/c5-3(6)1-2-4(7)8/h1H,2H2,(H,7,8)/b3-1+. The van der Waals surface area contributed by atoms with Gasteiger partial charge in [-0.25, -0.2) is 0 Å². The third-order valence-electron chi connectivity index (χ3n) is 0.431. The average Bonchev–Trinajstić information content (AvgIpc) is 1.61. The summed E-state index contributed by atoms with van der Waals surface area (Å²) in [4.78, 5) is 9.63. The molecule has 1 N–H and O–H groups in total. The van der Waals surface area contributed by atoms with Crippen LogP contribution in [-0.2, 0) is 4.79 Å². The Bertz CT molecular complexity index is 117. The Balaban J connectivity index is 3.45. The van der Waals surface area contributed by atoms with E-state index in [0.717, 1.165) is 6.08 Å². The molecule has 0 bridgehead atoms. The van der Waals surface area contributed by atoms with Gasteiger partial charge in [0, 0.05) is 0 Å². The van der Waals surface area contributed by atoms with Crippen molar-refractivity contribution in [2.45, 2.75) is 6.42 Å². The van der Waals surface area contributed by atoms with E-state index in [9.17, 15) is 9.18 Å². The van der Waals surface area contributed by atoms with Crippen LogP contribution in [0.15, 0.2) is 11.4 Å². The Morgan fingerprint density at radius 2 is 2.38 bits per heavy atom. The van der Waals surface area contributed by atoms with Gasteiger partial charge < -0.3 is 5.11 Å². The van der Waals surface area contributed by atoms with Crippen molar-refractivity contribution < 1.29 is 14.3 Å². The van der Waals surface area contributed by atoms with Crippen LogP contribution in [-0.4, -0.2) is 11.1 Å². The Hall–Kier alpha value is -0.570. The molecule has 0 aromatic heterocycles. The molecule has 0 amide bonds. The number of halogens is 2. The Kier molecular flexibility index (Phi) is 3.19. The lowest BCUT2D eigenvalue weighted by molar-refractivity contribution is -0.136. The second kappa shape index (κ2) is 3.43. The van der Waals surface area contributed by atoms with Crippen LogP contribution in [0.5, 0.6) is 0 Å². The maximum atomic E-state index is 11.4. The molecule has 0 aromatic rings. The van der Waals surface area contributed by atoms with Crippen LogP contribution in [0.25, 0.3) is 0 Å². The second-order valence-electron chi connectivity index (χ2n) is 1.09. The van der Waals surface area contributed by atoms with Crippen molar-refractivity contribution in [2.24, 2.45) is 0 Å². The Morgan fingerprint density at radius 1 is 1.88 bits per heavy atom. The first-order valence-electron chi connectivity index (χ1n) is 1.86. The molecule has 0 rings (SSSR count). The number of rotatable bonds is 2. The minimum absolute atomic E-state index is 0.366. The van der Waals surface area contributed by atoms with Crippen LogP contribution in [0.1, 0.15) is 6.42 Å². The lowest BCUT2D eigenvalue weighted by atomic mass is 10.4. The van der Waals surface area contributed by atoms with Crippen molar-refractivity contribution in [3.63, 3.8) is 0 Å². The third-order valence-corrected chi connectivity index (χ3v) is 0.585. The Morgan fingerprint density at radius 3 is 2.50 bits per heavy atom. The minimum atomic E-state index is -1.10. The number of aliphatic carboxylic acids is 1. The van der Waals surface area contributed by atoms with Gasteiger partial charge in [0.15, 0.2) is 5.29 Å². The zero-order valence-electron chi connectivity index (χ0n) is 3.90. The van der Waals surface area contributed by atoms with Crippen LogP contribution in [0.2, 0.25) is 0 Å². The highest BCUT2D eigenvalue weighted by Gasteiger charge is 1.91. The summed E-state index contributed by atoms with van der Waals surface area (Å²) in [5.74, 6) is -1.10. The van der Waals surface area contributed by atoms with Gasteiger partial charge in [-0.05, 0) is 6.08 Å². The van der Waals surface area contributed by atoms with Gasteiger partial charge in [0.25, 0.3) is 0 Å². The molecule has 0 saturated heterocycles. The fourth-order valence-corrected chi connectivity index (χ4v) is 0.242. The topological polar surface area (TPSA) is 37.3 Å². The summed E-state index contributed by atoms with van der Waals surface area (Å²) >= 11 is 4.65. The summed E-state index contributed by atoms with van der Waals surface area (Å²) in [6.45, 7) is 0. The van der Waals surface area contributed by atoms with E-state index < -0.39 is 11.3 Å². The predicted molar refractivity (Wildman–Crippen MR) is 27.3 cm³/mol. The van der Waals surface area contributed by atoms with Crippen molar-refractivity contribution >= 4 is 17.6 Å². The molecule has 0 radical (unpaired) electrons. The smallest absolute Gasteiger partial charge is 0.307 e. The molecular weight excluding hydrogens is 134 g/mol. The van der Waals surface area contributed by atoms with Crippen LogP contribution < -0.4 is 0 Å². The van der Waals surface area contributed by atoms with Crippen LogP contribution in [0.4, 0.5) is 4.39 Å². The lowest BCUT2D eigenvalue weighted by Gasteiger charge is -1.80. The van der Waals surface area contributed by atoms with E-state index in [2.05, 4.69) is 11.6 Å². The molecule has 0 saturated carbocycles. The molecule has 0 atom stereocenters. The van der Waals surface area contributed by atoms with Gasteiger partial charge in [0.05, 0.1) is 6.42 Å². The summed E-state index contributed by atoms with van der Waals surface area (Å²) in [5, 5.41) is 6.91. The zero-order valence-corrected chi connectivity index (χ0v) is 4.65. The van der Waals surface area contributed by atoms with E-state index in [4.69, 9.17) is 5.11 Å². The van der Waals surface area contributed by atoms with E-state index >= 15 is 0 Å². The molecule has 0 heterocycles. The lowest BCUT2D eigenvalue weighted by Crippen LogP contribution is -1.89. The second-order valence-corrected chi connectivity index (χ2v) is 1.45. The van der Waals surface area contributed by atoms with Gasteiger partial charge in [0.2, 0.25) is 0 Å². The monoisotopic (exact) mass is 138 g/mol. The van der Waals surface area contributed by atoms with Gasteiger partial charge >= 0.3 is 5.97 Å². The van der Waals surface area contributed by atoms with E-state index in [1.54, 1.807) is 0 Å². The molecule has 0 aliphatic heterocycles. The minimum Gasteiger partial charge on any atom is -0.481 e. The molecule has 0 unspecified atom stereocenters. The van der Waals surface area contributed by atoms with Gasteiger partial charge in [-0.3, -0.25) is 4.79 Å². The number of hydrogen-bond donors (Lipinski definition) is 1. The highest BCUT2D eigenvalue weighted by Crippen LogP contribution is 2.02. The molecule has 0 fully saturated rings. The molecule has 0 aliphatic carbocycles. The normalized spacial score (nSPS) is 11.5. The van der Waals surface area contributed by atoms with E-state index in [1.807, 2.05) is 0 Å². The van der Waals surface area contributed by atoms with Gasteiger partial charge in [-0.15, -0.1) is 0 Å².